The average molecular weight is 264 g/mol. The van der Waals surface area contributed by atoms with Crippen molar-refractivity contribution < 1.29 is 22.8 Å². The first-order chi connectivity index (χ1) is 8.16. The minimum absolute atomic E-state index is 0.216. The van der Waals surface area contributed by atoms with Gasteiger partial charge in [-0.15, -0.1) is 0 Å². The molecule has 0 aliphatic heterocycles. The Kier molecular flexibility index (Phi) is 4.56. The molecule has 0 aromatic rings. The van der Waals surface area contributed by atoms with E-state index in [9.17, 15) is 22.8 Å². The minimum Gasteiger partial charge on any atom is -0.299 e. The van der Waals surface area contributed by atoms with Gasteiger partial charge in [0.05, 0.1) is 6.42 Å². The van der Waals surface area contributed by atoms with Crippen molar-refractivity contribution in [3.63, 3.8) is 0 Å². The molecule has 0 saturated heterocycles. The number of carbonyl (C=O) groups excluding carboxylic acids is 2. The van der Waals surface area contributed by atoms with Crippen molar-refractivity contribution >= 4 is 11.6 Å². The molecule has 1 rings (SSSR count). The van der Waals surface area contributed by atoms with Gasteiger partial charge in [0.15, 0.2) is 5.78 Å². The number of halogens is 3. The van der Waals surface area contributed by atoms with Gasteiger partial charge in [0, 0.05) is 5.92 Å². The first-order valence-corrected chi connectivity index (χ1v) is 6.29. The van der Waals surface area contributed by atoms with Crippen molar-refractivity contribution in [3.8, 4) is 0 Å². The third-order valence-corrected chi connectivity index (χ3v) is 3.80. The zero-order chi connectivity index (χ0) is 14.0. The van der Waals surface area contributed by atoms with Crippen LogP contribution < -0.4 is 0 Å². The fraction of sp³-hybridized carbons (Fsp3) is 0.846. The van der Waals surface area contributed by atoms with E-state index in [4.69, 9.17) is 0 Å². The first kappa shape index (κ1) is 15.2. The van der Waals surface area contributed by atoms with Crippen molar-refractivity contribution in [1.82, 2.24) is 0 Å². The number of alkyl halides is 3. The Bertz CT molecular complexity index is 326. The predicted molar refractivity (Wildman–Crippen MR) is 61.0 cm³/mol. The summed E-state index contributed by atoms with van der Waals surface area (Å²) in [5.74, 6) is -1.56. The number of carbonyl (C=O) groups is 2. The molecule has 0 radical (unpaired) electrons. The monoisotopic (exact) mass is 264 g/mol. The van der Waals surface area contributed by atoms with Gasteiger partial charge in [-0.05, 0) is 26.7 Å². The molecule has 0 heterocycles. The highest BCUT2D eigenvalue weighted by Crippen LogP contribution is 2.39. The highest BCUT2D eigenvalue weighted by molar-refractivity contribution is 6.02. The van der Waals surface area contributed by atoms with Gasteiger partial charge in [-0.3, -0.25) is 9.59 Å². The predicted octanol–water partition coefficient (Wildman–Crippen LogP) is 3.68. The molecule has 0 bridgehead atoms. The summed E-state index contributed by atoms with van der Waals surface area (Å²) in [7, 11) is 0. The van der Waals surface area contributed by atoms with E-state index in [2.05, 4.69) is 0 Å². The topological polar surface area (TPSA) is 34.1 Å². The van der Waals surface area contributed by atoms with E-state index in [0.29, 0.717) is 12.8 Å². The van der Waals surface area contributed by atoms with Crippen LogP contribution in [0.5, 0.6) is 0 Å². The van der Waals surface area contributed by atoms with Crippen molar-refractivity contribution in [1.29, 1.82) is 0 Å². The van der Waals surface area contributed by atoms with Gasteiger partial charge in [-0.1, -0.05) is 19.3 Å². The lowest BCUT2D eigenvalue weighted by molar-refractivity contribution is -0.210. The molecule has 1 fully saturated rings. The summed E-state index contributed by atoms with van der Waals surface area (Å²) in [6, 6.07) is 0. The highest BCUT2D eigenvalue weighted by Gasteiger charge is 2.52. The van der Waals surface area contributed by atoms with Crippen LogP contribution in [-0.2, 0) is 9.59 Å². The Balaban J connectivity index is 2.61. The Morgan fingerprint density at radius 1 is 1.06 bits per heavy atom. The molecule has 104 valence electrons. The lowest BCUT2D eigenvalue weighted by atomic mass is 9.80. The molecular weight excluding hydrogens is 245 g/mol. The summed E-state index contributed by atoms with van der Waals surface area (Å²) in [5.41, 5.74) is -2.43. The largest absolute Gasteiger partial charge is 0.400 e. The van der Waals surface area contributed by atoms with E-state index in [-0.39, 0.29) is 11.7 Å². The zero-order valence-corrected chi connectivity index (χ0v) is 10.8. The summed E-state index contributed by atoms with van der Waals surface area (Å²) in [6.45, 7) is 1.67. The molecule has 2 nitrogen and oxygen atoms in total. The molecule has 1 aliphatic carbocycles. The van der Waals surface area contributed by atoms with Crippen LogP contribution in [0, 0.1) is 11.3 Å². The van der Waals surface area contributed by atoms with Gasteiger partial charge in [0.25, 0.3) is 0 Å². The molecule has 0 amide bonds. The van der Waals surface area contributed by atoms with Crippen LogP contribution in [-0.4, -0.2) is 17.7 Å². The first-order valence-electron chi connectivity index (χ1n) is 6.29. The molecule has 0 atom stereocenters. The number of ketones is 2. The normalized spacial score (nSPS) is 18.7. The molecule has 0 aromatic carbocycles. The average Bonchev–Trinajstić information content (AvgIpc) is 2.28. The molecular formula is C13H19F3O2. The summed E-state index contributed by atoms with van der Waals surface area (Å²) >= 11 is 0. The fourth-order valence-electron chi connectivity index (χ4n) is 2.11. The van der Waals surface area contributed by atoms with Gasteiger partial charge in [0.2, 0.25) is 0 Å². The van der Waals surface area contributed by atoms with E-state index in [1.807, 2.05) is 0 Å². The molecule has 5 heteroatoms. The molecule has 0 N–H and O–H groups in total. The van der Waals surface area contributed by atoms with E-state index >= 15 is 0 Å². The van der Waals surface area contributed by atoms with Gasteiger partial charge in [-0.25, -0.2) is 0 Å². The van der Waals surface area contributed by atoms with Crippen molar-refractivity contribution in [2.75, 3.05) is 0 Å². The lowest BCUT2D eigenvalue weighted by Crippen LogP contribution is -2.41. The van der Waals surface area contributed by atoms with Gasteiger partial charge >= 0.3 is 6.18 Å². The van der Waals surface area contributed by atoms with E-state index in [1.54, 1.807) is 0 Å². The van der Waals surface area contributed by atoms with Crippen molar-refractivity contribution in [3.05, 3.63) is 0 Å². The van der Waals surface area contributed by atoms with Crippen LogP contribution in [0.25, 0.3) is 0 Å². The highest BCUT2D eigenvalue weighted by atomic mass is 19.4. The Morgan fingerprint density at radius 3 is 2.00 bits per heavy atom. The van der Waals surface area contributed by atoms with Crippen LogP contribution >= 0.6 is 0 Å². The lowest BCUT2D eigenvalue weighted by Gasteiger charge is -2.27. The Hall–Kier alpha value is -0.870. The number of hydrogen-bond donors (Lipinski definition) is 0. The summed E-state index contributed by atoms with van der Waals surface area (Å²) in [6.07, 6.45) is -0.864. The Morgan fingerprint density at radius 2 is 1.56 bits per heavy atom. The zero-order valence-electron chi connectivity index (χ0n) is 10.8. The van der Waals surface area contributed by atoms with E-state index in [1.165, 1.54) is 0 Å². The molecule has 0 aromatic heterocycles. The van der Waals surface area contributed by atoms with Crippen LogP contribution in [0.2, 0.25) is 0 Å². The second kappa shape index (κ2) is 5.41. The SMILES string of the molecule is CC(C)(C(=O)CC(=O)C1CCCCC1)C(F)(F)F. The number of rotatable bonds is 4. The maximum Gasteiger partial charge on any atom is 0.400 e. The second-order valence-electron chi connectivity index (χ2n) is 5.52. The fourth-order valence-corrected chi connectivity index (χ4v) is 2.11. The molecule has 18 heavy (non-hydrogen) atoms. The third kappa shape index (κ3) is 3.33. The molecule has 0 spiro atoms. The molecule has 0 unspecified atom stereocenters. The van der Waals surface area contributed by atoms with Crippen molar-refractivity contribution in [2.45, 2.75) is 58.5 Å². The quantitative estimate of drug-likeness (QED) is 0.726. The maximum atomic E-state index is 12.6. The van der Waals surface area contributed by atoms with E-state index in [0.717, 1.165) is 33.1 Å². The van der Waals surface area contributed by atoms with Crippen LogP contribution in [0.15, 0.2) is 0 Å². The molecule has 1 saturated carbocycles. The van der Waals surface area contributed by atoms with Crippen LogP contribution in [0.4, 0.5) is 13.2 Å². The standard InChI is InChI=1S/C13H19F3O2/c1-12(2,13(14,15)16)11(18)8-10(17)9-6-4-3-5-7-9/h9H,3-8H2,1-2H3. The summed E-state index contributed by atoms with van der Waals surface area (Å²) in [4.78, 5) is 23.4. The number of hydrogen-bond acceptors (Lipinski definition) is 2. The van der Waals surface area contributed by atoms with Gasteiger partial charge < -0.3 is 0 Å². The minimum atomic E-state index is -4.60. The summed E-state index contributed by atoms with van der Waals surface area (Å²) < 4.78 is 37.9. The van der Waals surface area contributed by atoms with Gasteiger partial charge in [-0.2, -0.15) is 13.2 Å². The van der Waals surface area contributed by atoms with Crippen molar-refractivity contribution in [2.24, 2.45) is 11.3 Å². The second-order valence-corrected chi connectivity index (χ2v) is 5.52. The smallest absolute Gasteiger partial charge is 0.299 e. The maximum absolute atomic E-state index is 12.6. The van der Waals surface area contributed by atoms with Crippen LogP contribution in [0.1, 0.15) is 52.4 Å². The van der Waals surface area contributed by atoms with Gasteiger partial charge in [0.1, 0.15) is 11.2 Å². The molecule has 1 aliphatic rings. The number of Topliss-reactive ketones (excluding diaryl/α,β-unsaturated/α-hetero) is 2. The van der Waals surface area contributed by atoms with E-state index < -0.39 is 23.8 Å². The third-order valence-electron chi connectivity index (χ3n) is 3.80. The van der Waals surface area contributed by atoms with Crippen LogP contribution in [0.3, 0.4) is 0 Å². The Labute approximate surface area is 105 Å². The summed E-state index contributed by atoms with van der Waals surface area (Å²) in [5, 5.41) is 0.